The minimum absolute atomic E-state index is 0.0439. The Morgan fingerprint density at radius 3 is 2.95 bits per heavy atom. The molecule has 0 bridgehead atoms. The lowest BCUT2D eigenvalue weighted by molar-refractivity contribution is -0.123. The average Bonchev–Trinajstić information content (AvgIpc) is 2.50. The third-order valence-electron chi connectivity index (χ3n) is 4.70. The second kappa shape index (κ2) is 6.94. The van der Waals surface area contributed by atoms with Gasteiger partial charge in [-0.2, -0.15) is 0 Å². The molecule has 2 unspecified atom stereocenters. The Kier molecular flexibility index (Phi) is 5.23. The number of benzene rings is 1. The summed E-state index contributed by atoms with van der Waals surface area (Å²) >= 11 is 0. The van der Waals surface area contributed by atoms with Gasteiger partial charge in [-0.3, -0.25) is 4.79 Å². The molecule has 1 aliphatic rings. The van der Waals surface area contributed by atoms with Crippen molar-refractivity contribution in [3.05, 3.63) is 29.8 Å². The first kappa shape index (κ1) is 15.8. The molecule has 0 spiro atoms. The smallest absolute Gasteiger partial charge is 0.224 e. The van der Waals surface area contributed by atoms with Crippen molar-refractivity contribution < 1.29 is 9.53 Å². The molecule has 0 aliphatic heterocycles. The molecule has 1 saturated carbocycles. The number of methoxy groups -OCH3 is 1. The Labute approximate surface area is 127 Å². The number of nitrogens with one attached hydrogen (secondary N) is 1. The van der Waals surface area contributed by atoms with Gasteiger partial charge in [-0.05, 0) is 36.5 Å². The Hall–Kier alpha value is -1.55. The molecular weight excluding hydrogens is 264 g/mol. The number of nitrogens with two attached hydrogens (primary N) is 1. The molecule has 1 aliphatic carbocycles. The normalized spacial score (nSPS) is 25.4. The summed E-state index contributed by atoms with van der Waals surface area (Å²) in [4.78, 5) is 12.4. The molecule has 1 fully saturated rings. The highest BCUT2D eigenvalue weighted by atomic mass is 16.5. The van der Waals surface area contributed by atoms with Gasteiger partial charge in [0.05, 0.1) is 19.1 Å². The molecular formula is C17H26N2O2. The minimum Gasteiger partial charge on any atom is -0.497 e. The van der Waals surface area contributed by atoms with Crippen molar-refractivity contribution in [3.8, 4) is 5.75 Å². The Balaban J connectivity index is 2.02. The van der Waals surface area contributed by atoms with E-state index in [-0.39, 0.29) is 11.4 Å². The molecule has 1 aromatic carbocycles. The molecule has 4 heteroatoms. The largest absolute Gasteiger partial charge is 0.497 e. The second-order valence-corrected chi connectivity index (χ2v) is 6.08. The number of carbonyl (C=O) groups is 1. The first-order valence-electron chi connectivity index (χ1n) is 7.73. The maximum atomic E-state index is 12.4. The molecule has 1 amide bonds. The van der Waals surface area contributed by atoms with Gasteiger partial charge < -0.3 is 15.8 Å². The lowest BCUT2D eigenvalue weighted by atomic mass is 9.73. The van der Waals surface area contributed by atoms with Crippen LogP contribution in [0.4, 0.5) is 0 Å². The zero-order valence-electron chi connectivity index (χ0n) is 13.0. The van der Waals surface area contributed by atoms with Crippen molar-refractivity contribution in [2.24, 2.45) is 11.7 Å². The summed E-state index contributed by atoms with van der Waals surface area (Å²) in [6, 6.07) is 7.63. The van der Waals surface area contributed by atoms with E-state index in [0.29, 0.717) is 18.9 Å². The van der Waals surface area contributed by atoms with Crippen LogP contribution in [0.15, 0.2) is 24.3 Å². The van der Waals surface area contributed by atoms with Crippen LogP contribution >= 0.6 is 0 Å². The van der Waals surface area contributed by atoms with Crippen LogP contribution in [0.1, 0.15) is 38.2 Å². The lowest BCUT2D eigenvalue weighted by Gasteiger charge is -2.42. The van der Waals surface area contributed by atoms with Crippen LogP contribution in [0.25, 0.3) is 0 Å². The highest BCUT2D eigenvalue weighted by Gasteiger charge is 2.38. The maximum absolute atomic E-state index is 12.4. The number of ether oxygens (including phenoxy) is 1. The summed E-state index contributed by atoms with van der Waals surface area (Å²) in [6.45, 7) is 2.70. The quantitative estimate of drug-likeness (QED) is 0.874. The van der Waals surface area contributed by atoms with Gasteiger partial charge in [0.15, 0.2) is 0 Å². The minimum atomic E-state index is -0.228. The van der Waals surface area contributed by atoms with Gasteiger partial charge in [-0.25, -0.2) is 0 Å². The molecule has 0 saturated heterocycles. The maximum Gasteiger partial charge on any atom is 0.224 e. The number of rotatable bonds is 5. The highest BCUT2D eigenvalue weighted by molar-refractivity contribution is 5.79. The van der Waals surface area contributed by atoms with Crippen molar-refractivity contribution in [1.82, 2.24) is 5.32 Å². The topological polar surface area (TPSA) is 64.3 Å². The number of hydrogen-bond donors (Lipinski definition) is 2. The van der Waals surface area contributed by atoms with Crippen molar-refractivity contribution in [3.63, 3.8) is 0 Å². The summed E-state index contributed by atoms with van der Waals surface area (Å²) in [5.74, 6) is 1.26. The average molecular weight is 290 g/mol. The Morgan fingerprint density at radius 1 is 1.48 bits per heavy atom. The molecule has 1 aromatic rings. The van der Waals surface area contributed by atoms with Gasteiger partial charge in [-0.1, -0.05) is 31.9 Å². The van der Waals surface area contributed by atoms with E-state index in [9.17, 15) is 4.79 Å². The van der Waals surface area contributed by atoms with E-state index in [4.69, 9.17) is 10.5 Å². The molecule has 2 rings (SSSR count). The van der Waals surface area contributed by atoms with E-state index < -0.39 is 0 Å². The summed E-state index contributed by atoms with van der Waals surface area (Å²) in [5.41, 5.74) is 6.71. The highest BCUT2D eigenvalue weighted by Crippen LogP contribution is 2.33. The van der Waals surface area contributed by atoms with Gasteiger partial charge in [0.2, 0.25) is 5.91 Å². The molecule has 116 valence electrons. The molecule has 0 radical (unpaired) electrons. The second-order valence-electron chi connectivity index (χ2n) is 6.08. The van der Waals surface area contributed by atoms with Crippen LogP contribution in [0.3, 0.4) is 0 Å². The molecule has 3 N–H and O–H groups in total. The fourth-order valence-electron chi connectivity index (χ4n) is 3.24. The van der Waals surface area contributed by atoms with E-state index in [2.05, 4.69) is 12.2 Å². The van der Waals surface area contributed by atoms with Crippen LogP contribution in [0.2, 0.25) is 0 Å². The predicted octanol–water partition coefficient (Wildman–Crippen LogP) is 2.26. The fraction of sp³-hybridized carbons (Fsp3) is 0.588. The van der Waals surface area contributed by atoms with E-state index in [1.807, 2.05) is 24.3 Å². The summed E-state index contributed by atoms with van der Waals surface area (Å²) in [7, 11) is 1.63. The van der Waals surface area contributed by atoms with Crippen LogP contribution in [-0.4, -0.2) is 25.1 Å². The van der Waals surface area contributed by atoms with Crippen molar-refractivity contribution in [1.29, 1.82) is 0 Å². The molecule has 0 aromatic heterocycles. The van der Waals surface area contributed by atoms with Crippen molar-refractivity contribution >= 4 is 5.91 Å². The molecule has 2 atom stereocenters. The van der Waals surface area contributed by atoms with Crippen LogP contribution in [0, 0.1) is 5.92 Å². The van der Waals surface area contributed by atoms with Gasteiger partial charge in [-0.15, -0.1) is 0 Å². The monoisotopic (exact) mass is 290 g/mol. The van der Waals surface area contributed by atoms with Crippen LogP contribution in [0.5, 0.6) is 5.75 Å². The standard InChI is InChI=1S/C17H26N2O2/c1-13-6-3-4-9-17(13,12-18)19-16(20)11-14-7-5-8-15(10-14)21-2/h5,7-8,10,13H,3-4,6,9,11-12,18H2,1-2H3,(H,19,20). The lowest BCUT2D eigenvalue weighted by Crippen LogP contribution is -2.59. The Morgan fingerprint density at radius 2 is 2.29 bits per heavy atom. The van der Waals surface area contributed by atoms with Gasteiger partial charge >= 0.3 is 0 Å². The van der Waals surface area contributed by atoms with E-state index >= 15 is 0 Å². The van der Waals surface area contributed by atoms with Crippen molar-refractivity contribution in [2.45, 2.75) is 44.6 Å². The zero-order chi connectivity index (χ0) is 15.3. The summed E-state index contributed by atoms with van der Waals surface area (Å²) < 4.78 is 5.19. The van der Waals surface area contributed by atoms with Crippen molar-refractivity contribution in [2.75, 3.05) is 13.7 Å². The summed E-state index contributed by atoms with van der Waals surface area (Å²) in [6.07, 6.45) is 4.85. The molecule has 21 heavy (non-hydrogen) atoms. The summed E-state index contributed by atoms with van der Waals surface area (Å²) in [5, 5.41) is 3.21. The van der Waals surface area contributed by atoms with Gasteiger partial charge in [0.25, 0.3) is 0 Å². The third kappa shape index (κ3) is 3.76. The SMILES string of the molecule is COc1cccc(CC(=O)NC2(CN)CCCCC2C)c1. The van der Waals surface area contributed by atoms with Gasteiger partial charge in [0.1, 0.15) is 5.75 Å². The number of amides is 1. The predicted molar refractivity (Wildman–Crippen MR) is 84.3 cm³/mol. The number of hydrogen-bond acceptors (Lipinski definition) is 3. The first-order chi connectivity index (χ1) is 10.1. The molecule has 4 nitrogen and oxygen atoms in total. The fourth-order valence-corrected chi connectivity index (χ4v) is 3.24. The van der Waals surface area contributed by atoms with E-state index in [0.717, 1.165) is 30.6 Å². The van der Waals surface area contributed by atoms with E-state index in [1.54, 1.807) is 7.11 Å². The number of carbonyl (C=O) groups excluding carboxylic acids is 1. The third-order valence-corrected chi connectivity index (χ3v) is 4.70. The van der Waals surface area contributed by atoms with Gasteiger partial charge in [0, 0.05) is 6.54 Å². The molecule has 0 heterocycles. The van der Waals surface area contributed by atoms with E-state index in [1.165, 1.54) is 6.42 Å². The Bertz CT molecular complexity index is 489. The van der Waals surface area contributed by atoms with Crippen LogP contribution < -0.4 is 15.8 Å². The first-order valence-corrected chi connectivity index (χ1v) is 7.73. The van der Waals surface area contributed by atoms with Crippen LogP contribution in [-0.2, 0) is 11.2 Å². The zero-order valence-corrected chi connectivity index (χ0v) is 13.0.